The highest BCUT2D eigenvalue weighted by atomic mass is 127. The second kappa shape index (κ2) is 13.3. The third-order valence-electron chi connectivity index (χ3n) is 3.77. The number of hydrogen-bond donors (Lipinski definition) is 2. The summed E-state index contributed by atoms with van der Waals surface area (Å²) in [5, 5.41) is 6.70. The van der Waals surface area contributed by atoms with Gasteiger partial charge in [-0.05, 0) is 27.8 Å². The average Bonchev–Trinajstić information content (AvgIpc) is 2.48. The number of halogens is 1. The molecule has 0 spiro atoms. The maximum Gasteiger partial charge on any atom is 0.191 e. The minimum absolute atomic E-state index is 0. The van der Waals surface area contributed by atoms with E-state index in [4.69, 9.17) is 4.74 Å². The molecule has 0 atom stereocenters. The van der Waals surface area contributed by atoms with E-state index in [9.17, 15) is 0 Å². The lowest BCUT2D eigenvalue weighted by Crippen LogP contribution is -2.43. The number of aliphatic imine (C=N–C) groups is 1. The van der Waals surface area contributed by atoms with Crippen molar-refractivity contribution >= 4 is 29.9 Å². The number of guanidine groups is 1. The summed E-state index contributed by atoms with van der Waals surface area (Å²) in [6, 6.07) is 0.577. The molecule has 1 heterocycles. The molecule has 0 amide bonds. The van der Waals surface area contributed by atoms with Crippen LogP contribution in [0.15, 0.2) is 4.99 Å². The quantitative estimate of drug-likeness (QED) is 0.342. The van der Waals surface area contributed by atoms with E-state index < -0.39 is 0 Å². The zero-order chi connectivity index (χ0) is 15.5. The Morgan fingerprint density at radius 3 is 2.55 bits per heavy atom. The van der Waals surface area contributed by atoms with Crippen LogP contribution in [0.2, 0.25) is 0 Å². The smallest absolute Gasteiger partial charge is 0.191 e. The van der Waals surface area contributed by atoms with E-state index >= 15 is 0 Å². The Morgan fingerprint density at radius 2 is 1.95 bits per heavy atom. The predicted octanol–water partition coefficient (Wildman–Crippen LogP) is 0.832. The summed E-state index contributed by atoms with van der Waals surface area (Å²) in [4.78, 5) is 9.37. The van der Waals surface area contributed by atoms with Crippen molar-refractivity contribution in [2.45, 2.75) is 26.8 Å². The third kappa shape index (κ3) is 9.81. The first-order chi connectivity index (χ1) is 10.1. The number of nitrogens with zero attached hydrogens (tertiary/aromatic N) is 3. The highest BCUT2D eigenvalue weighted by molar-refractivity contribution is 14.0. The highest BCUT2D eigenvalue weighted by Gasteiger charge is 2.09. The largest absolute Gasteiger partial charge is 0.379 e. The molecule has 0 bridgehead atoms. The molecule has 1 rings (SSSR count). The Kier molecular flexibility index (Phi) is 13.3. The maximum absolute atomic E-state index is 5.35. The van der Waals surface area contributed by atoms with Crippen molar-refractivity contribution in [2.75, 3.05) is 66.1 Å². The summed E-state index contributed by atoms with van der Waals surface area (Å²) in [7, 11) is 2.15. The van der Waals surface area contributed by atoms with Gasteiger partial charge in [-0.25, -0.2) is 0 Å². The molecule has 1 aliphatic rings. The van der Waals surface area contributed by atoms with Crippen LogP contribution in [0.25, 0.3) is 0 Å². The predicted molar refractivity (Wildman–Crippen MR) is 104 cm³/mol. The summed E-state index contributed by atoms with van der Waals surface area (Å²) in [6.45, 7) is 14.9. The Morgan fingerprint density at radius 1 is 1.27 bits per heavy atom. The zero-order valence-electron chi connectivity index (χ0n) is 14.6. The standard InChI is InChI=1S/C15H33N5O.HI/c1-5-16-15(17-6-8-19(4)14(2)3)18-7-9-20-10-12-21-13-11-20;/h14H,5-13H2,1-4H3,(H2,16,17,18);1H. The lowest BCUT2D eigenvalue weighted by atomic mass is 10.3. The molecule has 0 aromatic heterocycles. The van der Waals surface area contributed by atoms with Gasteiger partial charge < -0.3 is 20.3 Å². The van der Waals surface area contributed by atoms with Gasteiger partial charge in [0.1, 0.15) is 0 Å². The fourth-order valence-electron chi connectivity index (χ4n) is 2.08. The van der Waals surface area contributed by atoms with Gasteiger partial charge in [-0.1, -0.05) is 0 Å². The molecule has 0 aromatic carbocycles. The van der Waals surface area contributed by atoms with E-state index in [1.54, 1.807) is 0 Å². The van der Waals surface area contributed by atoms with Crippen LogP contribution in [-0.2, 0) is 4.74 Å². The molecular formula is C15H34IN5O. The molecule has 0 aliphatic carbocycles. The van der Waals surface area contributed by atoms with Crippen LogP contribution >= 0.6 is 24.0 Å². The van der Waals surface area contributed by atoms with Gasteiger partial charge in [0.25, 0.3) is 0 Å². The van der Waals surface area contributed by atoms with Crippen LogP contribution in [-0.4, -0.2) is 87.9 Å². The van der Waals surface area contributed by atoms with Crippen LogP contribution in [0.4, 0.5) is 0 Å². The normalized spacial score (nSPS) is 16.7. The van der Waals surface area contributed by atoms with E-state index in [-0.39, 0.29) is 24.0 Å². The first kappa shape index (κ1) is 21.9. The summed E-state index contributed by atoms with van der Waals surface area (Å²) in [6.07, 6.45) is 0. The molecular weight excluding hydrogens is 393 g/mol. The van der Waals surface area contributed by atoms with Crippen LogP contribution in [0, 0.1) is 0 Å². The number of ether oxygens (including phenoxy) is 1. The van der Waals surface area contributed by atoms with E-state index in [0.29, 0.717) is 6.04 Å². The highest BCUT2D eigenvalue weighted by Crippen LogP contribution is 1.95. The molecule has 22 heavy (non-hydrogen) atoms. The van der Waals surface area contributed by atoms with Crippen LogP contribution in [0.3, 0.4) is 0 Å². The Balaban J connectivity index is 0.00000441. The fraction of sp³-hybridized carbons (Fsp3) is 0.933. The van der Waals surface area contributed by atoms with Crippen molar-refractivity contribution < 1.29 is 4.74 Å². The van der Waals surface area contributed by atoms with Gasteiger partial charge in [0.2, 0.25) is 0 Å². The van der Waals surface area contributed by atoms with Gasteiger partial charge in [-0.2, -0.15) is 0 Å². The van der Waals surface area contributed by atoms with Crippen molar-refractivity contribution in [3.05, 3.63) is 0 Å². The molecule has 1 aliphatic heterocycles. The molecule has 0 aromatic rings. The van der Waals surface area contributed by atoms with Crippen LogP contribution < -0.4 is 10.6 Å². The molecule has 0 unspecified atom stereocenters. The van der Waals surface area contributed by atoms with Crippen molar-refractivity contribution in [1.29, 1.82) is 0 Å². The van der Waals surface area contributed by atoms with Gasteiger partial charge in [0.15, 0.2) is 5.96 Å². The third-order valence-corrected chi connectivity index (χ3v) is 3.77. The monoisotopic (exact) mass is 427 g/mol. The Hall–Kier alpha value is -0.120. The van der Waals surface area contributed by atoms with Gasteiger partial charge in [0.05, 0.1) is 19.8 Å². The molecule has 132 valence electrons. The molecule has 0 radical (unpaired) electrons. The molecule has 2 N–H and O–H groups in total. The molecule has 6 nitrogen and oxygen atoms in total. The van der Waals surface area contributed by atoms with E-state index in [2.05, 4.69) is 53.2 Å². The Bertz CT molecular complexity index is 296. The van der Waals surface area contributed by atoms with Crippen molar-refractivity contribution in [3.8, 4) is 0 Å². The minimum Gasteiger partial charge on any atom is -0.379 e. The second-order valence-corrected chi connectivity index (χ2v) is 5.72. The summed E-state index contributed by atoms with van der Waals surface area (Å²) in [5.74, 6) is 0.919. The molecule has 1 fully saturated rings. The molecule has 0 saturated carbocycles. The number of hydrogen-bond acceptors (Lipinski definition) is 4. The van der Waals surface area contributed by atoms with E-state index in [0.717, 1.165) is 65.0 Å². The van der Waals surface area contributed by atoms with Crippen LogP contribution in [0.5, 0.6) is 0 Å². The summed E-state index contributed by atoms with van der Waals surface area (Å²) >= 11 is 0. The SMILES string of the molecule is CCNC(=NCCN1CCOCC1)NCCN(C)C(C)C.I. The second-order valence-electron chi connectivity index (χ2n) is 5.72. The van der Waals surface area contributed by atoms with E-state index in [1.165, 1.54) is 0 Å². The van der Waals surface area contributed by atoms with Crippen molar-refractivity contribution in [3.63, 3.8) is 0 Å². The van der Waals surface area contributed by atoms with Gasteiger partial charge in [0, 0.05) is 45.3 Å². The zero-order valence-corrected chi connectivity index (χ0v) is 16.9. The first-order valence-electron chi connectivity index (χ1n) is 8.16. The first-order valence-corrected chi connectivity index (χ1v) is 8.16. The maximum atomic E-state index is 5.35. The Labute approximate surface area is 153 Å². The average molecular weight is 427 g/mol. The van der Waals surface area contributed by atoms with Gasteiger partial charge in [-0.3, -0.25) is 9.89 Å². The number of nitrogens with one attached hydrogen (secondary N) is 2. The summed E-state index contributed by atoms with van der Waals surface area (Å²) < 4.78 is 5.35. The molecule has 1 saturated heterocycles. The van der Waals surface area contributed by atoms with Gasteiger partial charge in [-0.15, -0.1) is 24.0 Å². The van der Waals surface area contributed by atoms with Gasteiger partial charge >= 0.3 is 0 Å². The lowest BCUT2D eigenvalue weighted by molar-refractivity contribution is 0.0394. The van der Waals surface area contributed by atoms with E-state index in [1.807, 2.05) is 0 Å². The van der Waals surface area contributed by atoms with Crippen LogP contribution in [0.1, 0.15) is 20.8 Å². The number of rotatable bonds is 8. The van der Waals surface area contributed by atoms with Crippen molar-refractivity contribution in [1.82, 2.24) is 20.4 Å². The molecule has 7 heteroatoms. The number of morpholine rings is 1. The lowest BCUT2D eigenvalue weighted by Gasteiger charge is -2.26. The number of likely N-dealkylation sites (N-methyl/N-ethyl adjacent to an activating group) is 1. The topological polar surface area (TPSA) is 52.1 Å². The fourth-order valence-corrected chi connectivity index (χ4v) is 2.08. The van der Waals surface area contributed by atoms with Crippen molar-refractivity contribution in [2.24, 2.45) is 4.99 Å². The summed E-state index contributed by atoms with van der Waals surface area (Å²) in [5.41, 5.74) is 0. The minimum atomic E-state index is 0.